The van der Waals surface area contributed by atoms with Crippen LogP contribution in [0.3, 0.4) is 0 Å². The van der Waals surface area contributed by atoms with Crippen molar-refractivity contribution in [3.8, 4) is 0 Å². The van der Waals surface area contributed by atoms with Crippen LogP contribution in [0.5, 0.6) is 0 Å². The lowest BCUT2D eigenvalue weighted by Crippen LogP contribution is -2.54. The van der Waals surface area contributed by atoms with Crippen molar-refractivity contribution in [1.82, 2.24) is 10.2 Å². The highest BCUT2D eigenvalue weighted by molar-refractivity contribution is 7.91. The molecule has 2 rings (SSSR count). The number of aliphatic carboxylic acids is 1. The Balaban J connectivity index is 1.99. The molecule has 0 aromatic heterocycles. The predicted octanol–water partition coefficient (Wildman–Crippen LogP) is 0.0682. The molecule has 114 valence electrons. The summed E-state index contributed by atoms with van der Waals surface area (Å²) in [4.78, 5) is 24.2. The van der Waals surface area contributed by atoms with Crippen LogP contribution in [0.15, 0.2) is 0 Å². The molecule has 0 spiro atoms. The fourth-order valence-electron chi connectivity index (χ4n) is 2.81. The monoisotopic (exact) mass is 304 g/mol. The van der Waals surface area contributed by atoms with E-state index >= 15 is 0 Å². The van der Waals surface area contributed by atoms with Crippen molar-refractivity contribution in [2.24, 2.45) is 5.92 Å². The number of hydrogen-bond acceptors (Lipinski definition) is 4. The van der Waals surface area contributed by atoms with E-state index in [0.29, 0.717) is 12.3 Å². The lowest BCUT2D eigenvalue weighted by Gasteiger charge is -2.36. The first-order valence-electron chi connectivity index (χ1n) is 6.76. The number of nitrogens with one attached hydrogen (secondary N) is 1. The third-order valence-corrected chi connectivity index (χ3v) is 5.67. The van der Waals surface area contributed by atoms with Crippen molar-refractivity contribution in [3.05, 3.63) is 0 Å². The molecule has 1 atom stereocenters. The van der Waals surface area contributed by atoms with Crippen LogP contribution in [0.25, 0.3) is 0 Å². The Morgan fingerprint density at radius 1 is 1.35 bits per heavy atom. The van der Waals surface area contributed by atoms with E-state index in [4.69, 9.17) is 5.11 Å². The van der Waals surface area contributed by atoms with E-state index < -0.39 is 34.4 Å². The molecule has 1 unspecified atom stereocenters. The van der Waals surface area contributed by atoms with E-state index in [2.05, 4.69) is 12.2 Å². The highest BCUT2D eigenvalue weighted by Gasteiger charge is 2.37. The molecule has 0 radical (unpaired) electrons. The van der Waals surface area contributed by atoms with Crippen LogP contribution in [0.1, 0.15) is 26.2 Å². The van der Waals surface area contributed by atoms with Gasteiger partial charge in [0, 0.05) is 12.1 Å². The van der Waals surface area contributed by atoms with E-state index in [1.165, 1.54) is 0 Å². The Kier molecular flexibility index (Phi) is 4.22. The van der Waals surface area contributed by atoms with Crippen molar-refractivity contribution >= 4 is 21.8 Å². The molecule has 0 aromatic carbocycles. The zero-order valence-electron chi connectivity index (χ0n) is 11.4. The smallest absolute Gasteiger partial charge is 0.323 e. The third kappa shape index (κ3) is 3.62. The molecular formula is C12H20N2O5S. The molecule has 1 saturated carbocycles. The van der Waals surface area contributed by atoms with Gasteiger partial charge in [0.2, 0.25) is 0 Å². The summed E-state index contributed by atoms with van der Waals surface area (Å²) in [5.74, 6) is -0.692. The average molecular weight is 304 g/mol. The standard InChI is InChI=1S/C12H20N2O5S/c1-8-4-9(5-8)13-12(17)14(6-11(15)16)10-2-3-20(18,19)7-10/h8-10H,2-7H2,1H3,(H,13,17)(H,15,16). The van der Waals surface area contributed by atoms with Crippen molar-refractivity contribution in [1.29, 1.82) is 0 Å². The van der Waals surface area contributed by atoms with Crippen LogP contribution in [0.2, 0.25) is 0 Å². The summed E-state index contributed by atoms with van der Waals surface area (Å²) < 4.78 is 23.0. The summed E-state index contributed by atoms with van der Waals surface area (Å²) >= 11 is 0. The molecule has 2 N–H and O–H groups in total. The molecule has 1 heterocycles. The molecule has 8 heteroatoms. The summed E-state index contributed by atoms with van der Waals surface area (Å²) in [7, 11) is -3.15. The zero-order valence-corrected chi connectivity index (χ0v) is 12.2. The van der Waals surface area contributed by atoms with Gasteiger partial charge in [0.25, 0.3) is 0 Å². The lowest BCUT2D eigenvalue weighted by molar-refractivity contribution is -0.138. The first kappa shape index (κ1) is 15.1. The van der Waals surface area contributed by atoms with Gasteiger partial charge in [0.15, 0.2) is 9.84 Å². The van der Waals surface area contributed by atoms with E-state index in [0.717, 1.165) is 17.7 Å². The third-order valence-electron chi connectivity index (χ3n) is 3.92. The van der Waals surface area contributed by atoms with Gasteiger partial charge in [-0.2, -0.15) is 0 Å². The van der Waals surface area contributed by atoms with Crippen LogP contribution >= 0.6 is 0 Å². The number of urea groups is 1. The minimum absolute atomic E-state index is 0.0154. The minimum Gasteiger partial charge on any atom is -0.480 e. The second-order valence-electron chi connectivity index (χ2n) is 5.80. The molecule has 0 bridgehead atoms. The predicted molar refractivity (Wildman–Crippen MR) is 72.1 cm³/mol. The molecule has 2 fully saturated rings. The number of amides is 2. The van der Waals surface area contributed by atoms with E-state index in [9.17, 15) is 18.0 Å². The highest BCUT2D eigenvalue weighted by Crippen LogP contribution is 2.27. The summed E-state index contributed by atoms with van der Waals surface area (Å²) in [6, 6.07) is -0.924. The van der Waals surface area contributed by atoms with Crippen molar-refractivity contribution < 1.29 is 23.1 Å². The molecule has 2 amide bonds. The zero-order chi connectivity index (χ0) is 14.9. The first-order valence-corrected chi connectivity index (χ1v) is 8.58. The number of hydrogen-bond donors (Lipinski definition) is 2. The number of sulfone groups is 1. The minimum atomic E-state index is -3.15. The fourth-order valence-corrected chi connectivity index (χ4v) is 4.54. The van der Waals surface area contributed by atoms with Gasteiger partial charge in [-0.25, -0.2) is 13.2 Å². The van der Waals surface area contributed by atoms with Gasteiger partial charge >= 0.3 is 12.0 Å². The average Bonchev–Trinajstić information content (AvgIpc) is 2.64. The van der Waals surface area contributed by atoms with Crippen molar-refractivity contribution in [2.75, 3.05) is 18.1 Å². The number of carboxylic acids is 1. The Bertz CT molecular complexity index is 498. The summed E-state index contributed by atoms with van der Waals surface area (Å²) in [5, 5.41) is 11.7. The van der Waals surface area contributed by atoms with Crippen LogP contribution < -0.4 is 5.32 Å². The molecule has 1 aliphatic heterocycles. The Hall–Kier alpha value is -1.31. The number of rotatable bonds is 4. The second kappa shape index (κ2) is 5.59. The normalized spacial score (nSPS) is 31.4. The quantitative estimate of drug-likeness (QED) is 0.765. The van der Waals surface area contributed by atoms with Crippen molar-refractivity contribution in [3.63, 3.8) is 0 Å². The van der Waals surface area contributed by atoms with E-state index in [-0.39, 0.29) is 17.5 Å². The maximum atomic E-state index is 12.1. The van der Waals surface area contributed by atoms with Crippen molar-refractivity contribution in [2.45, 2.75) is 38.3 Å². The van der Waals surface area contributed by atoms with Gasteiger partial charge in [-0.05, 0) is 25.2 Å². The highest BCUT2D eigenvalue weighted by atomic mass is 32.2. The van der Waals surface area contributed by atoms with Gasteiger partial charge in [-0.15, -0.1) is 0 Å². The van der Waals surface area contributed by atoms with Crippen LogP contribution in [0.4, 0.5) is 4.79 Å². The summed E-state index contributed by atoms with van der Waals surface area (Å²) in [6.07, 6.45) is 2.08. The molecule has 2 aliphatic rings. The molecule has 0 aromatic rings. The molecule has 1 aliphatic carbocycles. The van der Waals surface area contributed by atoms with Gasteiger partial charge in [0.1, 0.15) is 6.54 Å². The summed E-state index contributed by atoms with van der Waals surface area (Å²) in [6.45, 7) is 1.62. The number of carbonyl (C=O) groups is 2. The topological polar surface area (TPSA) is 104 Å². The first-order chi connectivity index (χ1) is 9.27. The molecule has 7 nitrogen and oxygen atoms in total. The number of carboxylic acid groups (broad SMARTS) is 1. The summed E-state index contributed by atoms with van der Waals surface area (Å²) in [5.41, 5.74) is 0. The van der Waals surface area contributed by atoms with Crippen LogP contribution in [-0.2, 0) is 14.6 Å². The maximum absolute atomic E-state index is 12.1. The largest absolute Gasteiger partial charge is 0.480 e. The van der Waals surface area contributed by atoms with E-state index in [1.54, 1.807) is 0 Å². The number of carbonyl (C=O) groups excluding carboxylic acids is 1. The van der Waals surface area contributed by atoms with Crippen LogP contribution in [-0.4, -0.2) is 60.6 Å². The van der Waals surface area contributed by atoms with Crippen LogP contribution in [0, 0.1) is 5.92 Å². The Morgan fingerprint density at radius 3 is 2.45 bits per heavy atom. The molecule has 20 heavy (non-hydrogen) atoms. The Labute approximate surface area is 118 Å². The number of nitrogens with zero attached hydrogens (tertiary/aromatic N) is 1. The maximum Gasteiger partial charge on any atom is 0.323 e. The lowest BCUT2D eigenvalue weighted by atomic mass is 9.82. The SMILES string of the molecule is CC1CC(NC(=O)N(CC(=O)O)C2CCS(=O)(=O)C2)C1. The molecule has 1 saturated heterocycles. The van der Waals surface area contributed by atoms with E-state index in [1.807, 2.05) is 0 Å². The van der Waals surface area contributed by atoms with Gasteiger partial charge < -0.3 is 15.3 Å². The van der Waals surface area contributed by atoms with Gasteiger partial charge in [0.05, 0.1) is 11.5 Å². The molecular weight excluding hydrogens is 284 g/mol. The fraction of sp³-hybridized carbons (Fsp3) is 0.833. The Morgan fingerprint density at radius 2 is 2.00 bits per heavy atom. The van der Waals surface area contributed by atoms with Gasteiger partial charge in [-0.3, -0.25) is 4.79 Å². The second-order valence-corrected chi connectivity index (χ2v) is 8.03. The van der Waals surface area contributed by atoms with Gasteiger partial charge in [-0.1, -0.05) is 6.92 Å².